The van der Waals surface area contributed by atoms with Crippen molar-refractivity contribution in [1.82, 2.24) is 4.98 Å². The number of rotatable bonds is 3. The van der Waals surface area contributed by atoms with Crippen molar-refractivity contribution >= 4 is 39.7 Å². The van der Waals surface area contributed by atoms with Crippen LogP contribution in [0.5, 0.6) is 5.75 Å². The smallest absolute Gasteiger partial charge is 0.257 e. The van der Waals surface area contributed by atoms with Crippen LogP contribution in [0.3, 0.4) is 0 Å². The first-order valence-electron chi connectivity index (χ1n) is 6.59. The van der Waals surface area contributed by atoms with Crippen molar-refractivity contribution in [3.8, 4) is 5.75 Å². The summed E-state index contributed by atoms with van der Waals surface area (Å²) in [7, 11) is 0.0892. The number of nitrogens with zero attached hydrogens (tertiary/aromatic N) is 1. The zero-order valence-corrected chi connectivity index (χ0v) is 14.3. The minimum Gasteiger partial charge on any atom is -0.495 e. The summed E-state index contributed by atoms with van der Waals surface area (Å²) in [5.41, 5.74) is 0.623. The largest absolute Gasteiger partial charge is 0.495 e. The number of aromatic nitrogens is 1. The summed E-state index contributed by atoms with van der Waals surface area (Å²) in [6.07, 6.45) is 1.33. The van der Waals surface area contributed by atoms with Gasteiger partial charge in [-0.25, -0.2) is 4.21 Å². The highest BCUT2D eigenvalue weighted by molar-refractivity contribution is 7.85. The van der Waals surface area contributed by atoms with E-state index >= 15 is 0 Å². The summed E-state index contributed by atoms with van der Waals surface area (Å²) < 4.78 is 20.5. The lowest BCUT2D eigenvalue weighted by atomic mass is 10.1. The van der Waals surface area contributed by atoms with Gasteiger partial charge in [-0.15, -0.1) is 0 Å². The highest BCUT2D eigenvalue weighted by atomic mass is 35.5. The Morgan fingerprint density at radius 3 is 2.59 bits per heavy atom. The maximum atomic E-state index is 12.1. The van der Waals surface area contributed by atoms with E-state index in [4.69, 9.17) is 16.3 Å². The van der Waals surface area contributed by atoms with E-state index in [2.05, 4.69) is 9.38 Å². The Hall–Kier alpha value is -1.66. The van der Waals surface area contributed by atoms with E-state index in [1.54, 1.807) is 18.2 Å². The summed E-state index contributed by atoms with van der Waals surface area (Å²) in [5, 5.41) is 1.19. The van der Waals surface area contributed by atoms with Crippen LogP contribution in [0, 0.1) is 0 Å². The van der Waals surface area contributed by atoms with Gasteiger partial charge in [0.2, 0.25) is 0 Å². The van der Waals surface area contributed by atoms with Gasteiger partial charge in [0.25, 0.3) is 5.56 Å². The first-order chi connectivity index (χ1) is 10.2. The molecule has 118 valence electrons. The van der Waals surface area contributed by atoms with Gasteiger partial charge in [0.15, 0.2) is 0 Å². The second kappa shape index (κ2) is 6.22. The average molecular weight is 341 g/mol. The molecule has 0 unspecified atom stereocenters. The zero-order valence-electron chi connectivity index (χ0n) is 12.8. The Kier molecular flexibility index (Phi) is 4.72. The molecule has 1 aromatic carbocycles. The maximum Gasteiger partial charge on any atom is 0.257 e. The van der Waals surface area contributed by atoms with Gasteiger partial charge in [-0.05, 0) is 32.9 Å². The Balaban J connectivity index is 2.49. The van der Waals surface area contributed by atoms with Crippen molar-refractivity contribution in [3.63, 3.8) is 0 Å². The van der Waals surface area contributed by atoms with Crippen molar-refractivity contribution in [2.75, 3.05) is 7.11 Å². The molecule has 0 fully saturated rings. The number of fused-ring (bicyclic) bond motifs is 1. The number of aromatic amines is 1. The molecule has 1 N–H and O–H groups in total. The van der Waals surface area contributed by atoms with Crippen molar-refractivity contribution in [2.45, 2.75) is 25.5 Å². The third kappa shape index (κ3) is 3.56. The molecule has 0 aliphatic carbocycles. The van der Waals surface area contributed by atoms with Gasteiger partial charge in [-0.1, -0.05) is 11.6 Å². The van der Waals surface area contributed by atoms with E-state index in [1.807, 2.05) is 20.8 Å². The summed E-state index contributed by atoms with van der Waals surface area (Å²) in [6, 6.07) is 5.01. The molecule has 2 rings (SSSR count). The van der Waals surface area contributed by atoms with Crippen LogP contribution in [0.2, 0.25) is 5.02 Å². The predicted molar refractivity (Wildman–Crippen MR) is 91.6 cm³/mol. The number of hydrogen-bond acceptors (Lipinski definition) is 3. The highest BCUT2D eigenvalue weighted by Crippen LogP contribution is 2.28. The minimum atomic E-state index is -1.42. The highest BCUT2D eigenvalue weighted by Gasteiger charge is 2.18. The molecule has 0 saturated heterocycles. The van der Waals surface area contributed by atoms with E-state index in [9.17, 15) is 9.00 Å². The number of ether oxygens (including phenoxy) is 1. The number of methoxy groups -OCH3 is 1. The van der Waals surface area contributed by atoms with Gasteiger partial charge < -0.3 is 9.72 Å². The number of pyridine rings is 1. The summed E-state index contributed by atoms with van der Waals surface area (Å²) >= 11 is 6.08. The van der Waals surface area contributed by atoms with Gasteiger partial charge in [0.05, 0.1) is 34.2 Å². The monoisotopic (exact) mass is 340 g/mol. The third-order valence-electron chi connectivity index (χ3n) is 2.96. The quantitative estimate of drug-likeness (QED) is 0.873. The lowest BCUT2D eigenvalue weighted by Crippen LogP contribution is -2.20. The lowest BCUT2D eigenvalue weighted by Gasteiger charge is -2.12. The zero-order chi connectivity index (χ0) is 16.5. The van der Waals surface area contributed by atoms with Crippen molar-refractivity contribution in [1.29, 1.82) is 0 Å². The molecule has 0 bridgehead atoms. The molecule has 0 radical (unpaired) electrons. The number of H-pyrrole nitrogens is 1. The van der Waals surface area contributed by atoms with Crippen molar-refractivity contribution < 1.29 is 8.95 Å². The van der Waals surface area contributed by atoms with E-state index in [0.717, 1.165) is 5.39 Å². The van der Waals surface area contributed by atoms with Gasteiger partial charge >= 0.3 is 0 Å². The molecule has 0 amide bonds. The molecule has 1 heterocycles. The van der Waals surface area contributed by atoms with Crippen LogP contribution < -0.4 is 10.3 Å². The third-order valence-corrected chi connectivity index (χ3v) is 4.60. The molecular formula is C15H17ClN2O3S. The molecular weight excluding hydrogens is 324 g/mol. The maximum absolute atomic E-state index is 12.1. The molecule has 1 atom stereocenters. The topological polar surface area (TPSA) is 71.5 Å². The van der Waals surface area contributed by atoms with Gasteiger partial charge in [0, 0.05) is 11.5 Å². The molecule has 1 aromatic heterocycles. The molecule has 0 saturated carbocycles. The first kappa shape index (κ1) is 16.7. The van der Waals surface area contributed by atoms with E-state index in [1.165, 1.54) is 13.3 Å². The SMILES string of the molecule is COc1cc2[nH]c(=O)c(C=N[S@@](=O)C(C)(C)C)cc2cc1Cl. The number of nitrogens with one attached hydrogen (secondary N) is 1. The molecule has 2 aromatic rings. The molecule has 5 nitrogen and oxygen atoms in total. The minimum absolute atomic E-state index is 0.313. The van der Waals surface area contributed by atoms with Crippen LogP contribution in [0.25, 0.3) is 10.9 Å². The molecule has 22 heavy (non-hydrogen) atoms. The summed E-state index contributed by atoms with van der Waals surface area (Å²) in [5.74, 6) is 0.486. The fourth-order valence-electron chi connectivity index (χ4n) is 1.74. The Labute approximate surface area is 136 Å². The summed E-state index contributed by atoms with van der Waals surface area (Å²) in [6.45, 7) is 5.45. The van der Waals surface area contributed by atoms with Crippen LogP contribution in [0.4, 0.5) is 0 Å². The first-order valence-corrected chi connectivity index (χ1v) is 8.07. The standard InChI is InChI=1S/C15H17ClN2O3S/c1-15(2,3)22(20)17-8-10-5-9-6-11(16)13(21-4)7-12(9)18-14(10)19/h5-8H,1-4H3,(H,18,19)/t22-/m0/s1. The number of halogens is 1. The van der Waals surface area contributed by atoms with Crippen LogP contribution in [0.15, 0.2) is 27.4 Å². The van der Waals surface area contributed by atoms with E-state index in [0.29, 0.717) is 21.9 Å². The molecule has 0 spiro atoms. The predicted octanol–water partition coefficient (Wildman–Crippen LogP) is 3.07. The van der Waals surface area contributed by atoms with Crippen LogP contribution in [0.1, 0.15) is 26.3 Å². The Morgan fingerprint density at radius 1 is 1.32 bits per heavy atom. The van der Waals surface area contributed by atoms with Gasteiger partial charge in [0.1, 0.15) is 16.7 Å². The number of hydrogen-bond donors (Lipinski definition) is 1. The van der Waals surface area contributed by atoms with Gasteiger partial charge in [-0.3, -0.25) is 4.79 Å². The lowest BCUT2D eigenvalue weighted by molar-refractivity contribution is 0.415. The fourth-order valence-corrected chi connectivity index (χ4v) is 2.51. The van der Waals surface area contributed by atoms with E-state index < -0.39 is 15.7 Å². The Morgan fingerprint density at radius 2 is 2.00 bits per heavy atom. The average Bonchev–Trinajstić information content (AvgIpc) is 2.43. The normalized spacial score (nSPS) is 13.7. The summed E-state index contributed by atoms with van der Waals surface area (Å²) in [4.78, 5) is 14.8. The number of benzene rings is 1. The van der Waals surface area contributed by atoms with Crippen LogP contribution in [-0.2, 0) is 11.0 Å². The van der Waals surface area contributed by atoms with E-state index in [-0.39, 0.29) is 5.56 Å². The molecule has 7 heteroatoms. The fraction of sp³-hybridized carbons (Fsp3) is 0.333. The second-order valence-electron chi connectivity index (χ2n) is 5.72. The van der Waals surface area contributed by atoms with Crippen molar-refractivity contribution in [2.24, 2.45) is 4.40 Å². The Bertz CT molecular complexity index is 822. The molecule has 0 aliphatic heterocycles. The van der Waals surface area contributed by atoms with Gasteiger partial charge in [-0.2, -0.15) is 4.40 Å². The van der Waals surface area contributed by atoms with Crippen LogP contribution >= 0.6 is 11.6 Å². The second-order valence-corrected chi connectivity index (χ2v) is 8.06. The van der Waals surface area contributed by atoms with Crippen molar-refractivity contribution in [3.05, 3.63) is 39.1 Å². The molecule has 0 aliphatic rings. The van der Waals surface area contributed by atoms with Crippen LogP contribution in [-0.4, -0.2) is 27.3 Å².